The number of nitrogens with zero attached hydrogens (tertiary/aromatic N) is 1. The number of ketones is 1. The summed E-state index contributed by atoms with van der Waals surface area (Å²) in [6, 6.07) is 31.3. The Kier molecular flexibility index (Phi) is 4.40. The predicted octanol–water partition coefficient (Wildman–Crippen LogP) is 5.65. The summed E-state index contributed by atoms with van der Waals surface area (Å²) in [7, 11) is 0. The van der Waals surface area contributed by atoms with Gasteiger partial charge in [-0.3, -0.25) is 9.78 Å². The minimum absolute atomic E-state index is 0.0441. The Bertz CT molecular complexity index is 1010. The van der Waals surface area contributed by atoms with E-state index >= 15 is 0 Å². The Morgan fingerprint density at radius 1 is 0.538 bits per heavy atom. The van der Waals surface area contributed by atoms with Crippen molar-refractivity contribution >= 4 is 5.78 Å². The normalized spacial score (nSPS) is 10.5. The molecule has 0 saturated carbocycles. The van der Waals surface area contributed by atoms with Crippen LogP contribution < -0.4 is 0 Å². The first-order valence-corrected chi connectivity index (χ1v) is 8.53. The van der Waals surface area contributed by atoms with Crippen molar-refractivity contribution in [2.75, 3.05) is 0 Å². The van der Waals surface area contributed by atoms with E-state index in [1.165, 1.54) is 0 Å². The van der Waals surface area contributed by atoms with Gasteiger partial charge < -0.3 is 0 Å². The Balaban J connectivity index is 1.56. The average Bonchev–Trinajstić information content (AvgIpc) is 2.75. The molecule has 1 aromatic heterocycles. The molecular formula is C24H17NO. The van der Waals surface area contributed by atoms with Gasteiger partial charge in [-0.1, -0.05) is 84.9 Å². The van der Waals surface area contributed by atoms with Gasteiger partial charge in [0, 0.05) is 22.9 Å². The van der Waals surface area contributed by atoms with Gasteiger partial charge >= 0.3 is 0 Å². The number of aromatic nitrogens is 1. The fourth-order valence-corrected chi connectivity index (χ4v) is 2.94. The van der Waals surface area contributed by atoms with E-state index in [1.54, 1.807) is 6.20 Å². The molecule has 1 heterocycles. The Hall–Kier alpha value is -3.52. The number of hydrogen-bond acceptors (Lipinski definition) is 2. The quantitative estimate of drug-likeness (QED) is 0.451. The maximum absolute atomic E-state index is 12.5. The molecule has 0 bridgehead atoms. The summed E-state index contributed by atoms with van der Waals surface area (Å²) < 4.78 is 0. The number of rotatable bonds is 4. The number of pyridine rings is 1. The van der Waals surface area contributed by atoms with Crippen LogP contribution in [0.1, 0.15) is 15.9 Å². The Morgan fingerprint density at radius 3 is 1.69 bits per heavy atom. The molecule has 2 heteroatoms. The van der Waals surface area contributed by atoms with E-state index < -0.39 is 0 Å². The zero-order valence-electron chi connectivity index (χ0n) is 14.2. The standard InChI is InChI=1S/C24H17NO/c26-24(21-6-2-1-3-7-21)22-15-11-19(12-16-22)18-9-13-20(14-10-18)23-8-4-5-17-25-23/h1-17H. The van der Waals surface area contributed by atoms with Crippen LogP contribution in [0.4, 0.5) is 0 Å². The highest BCUT2D eigenvalue weighted by Crippen LogP contribution is 2.24. The molecule has 0 aliphatic rings. The van der Waals surface area contributed by atoms with E-state index in [4.69, 9.17) is 0 Å². The number of carbonyl (C=O) groups is 1. The first kappa shape index (κ1) is 16.0. The smallest absolute Gasteiger partial charge is 0.193 e. The lowest BCUT2D eigenvalue weighted by atomic mass is 9.98. The molecule has 2 nitrogen and oxygen atoms in total. The van der Waals surface area contributed by atoms with Gasteiger partial charge in [0.2, 0.25) is 0 Å². The fraction of sp³-hybridized carbons (Fsp3) is 0. The van der Waals surface area contributed by atoms with Gasteiger partial charge in [0.15, 0.2) is 5.78 Å². The lowest BCUT2D eigenvalue weighted by Gasteiger charge is -2.06. The summed E-state index contributed by atoms with van der Waals surface area (Å²) in [5.41, 5.74) is 5.66. The molecule has 0 radical (unpaired) electrons. The molecule has 0 amide bonds. The lowest BCUT2D eigenvalue weighted by molar-refractivity contribution is 0.103. The van der Waals surface area contributed by atoms with Crippen molar-refractivity contribution in [2.45, 2.75) is 0 Å². The fourth-order valence-electron chi connectivity index (χ4n) is 2.94. The minimum Gasteiger partial charge on any atom is -0.289 e. The second kappa shape index (κ2) is 7.16. The zero-order valence-corrected chi connectivity index (χ0v) is 14.2. The van der Waals surface area contributed by atoms with E-state index in [0.717, 1.165) is 22.4 Å². The number of hydrogen-bond donors (Lipinski definition) is 0. The Labute approximate surface area is 152 Å². The van der Waals surface area contributed by atoms with Crippen molar-refractivity contribution < 1.29 is 4.79 Å². The first-order valence-electron chi connectivity index (χ1n) is 8.53. The topological polar surface area (TPSA) is 30.0 Å². The van der Waals surface area contributed by atoms with Gasteiger partial charge in [0.05, 0.1) is 5.69 Å². The molecule has 0 aliphatic heterocycles. The van der Waals surface area contributed by atoms with Crippen molar-refractivity contribution in [1.29, 1.82) is 0 Å². The molecule has 3 aromatic carbocycles. The molecule has 0 aliphatic carbocycles. The van der Waals surface area contributed by atoms with E-state index in [2.05, 4.69) is 29.2 Å². The molecule has 124 valence electrons. The van der Waals surface area contributed by atoms with Crippen LogP contribution in [0.3, 0.4) is 0 Å². The monoisotopic (exact) mass is 335 g/mol. The summed E-state index contributed by atoms with van der Waals surface area (Å²) in [4.78, 5) is 16.9. The third-order valence-electron chi connectivity index (χ3n) is 4.36. The molecule has 0 atom stereocenters. The third kappa shape index (κ3) is 3.31. The van der Waals surface area contributed by atoms with Gasteiger partial charge in [-0.15, -0.1) is 0 Å². The van der Waals surface area contributed by atoms with Crippen LogP contribution in [0.15, 0.2) is 103 Å². The van der Waals surface area contributed by atoms with Gasteiger partial charge in [0.25, 0.3) is 0 Å². The van der Waals surface area contributed by atoms with Crippen LogP contribution in [-0.2, 0) is 0 Å². The van der Waals surface area contributed by atoms with Crippen molar-refractivity contribution in [1.82, 2.24) is 4.98 Å². The maximum Gasteiger partial charge on any atom is 0.193 e. The zero-order chi connectivity index (χ0) is 17.8. The molecule has 0 N–H and O–H groups in total. The van der Waals surface area contributed by atoms with Crippen LogP contribution in [0.2, 0.25) is 0 Å². The lowest BCUT2D eigenvalue weighted by Crippen LogP contribution is -2.00. The minimum atomic E-state index is 0.0441. The van der Waals surface area contributed by atoms with Gasteiger partial charge in [-0.2, -0.15) is 0 Å². The number of benzene rings is 3. The second-order valence-corrected chi connectivity index (χ2v) is 6.06. The van der Waals surface area contributed by atoms with Crippen LogP contribution in [0.5, 0.6) is 0 Å². The largest absolute Gasteiger partial charge is 0.289 e. The summed E-state index contributed by atoms with van der Waals surface area (Å²) in [6.07, 6.45) is 1.80. The Morgan fingerprint density at radius 2 is 1.08 bits per heavy atom. The van der Waals surface area contributed by atoms with E-state index in [0.29, 0.717) is 11.1 Å². The van der Waals surface area contributed by atoms with Crippen LogP contribution in [-0.4, -0.2) is 10.8 Å². The number of carbonyl (C=O) groups excluding carboxylic acids is 1. The maximum atomic E-state index is 12.5. The van der Waals surface area contributed by atoms with Crippen molar-refractivity contribution in [3.8, 4) is 22.4 Å². The molecule has 4 aromatic rings. The molecule has 0 unspecified atom stereocenters. The molecular weight excluding hydrogens is 318 g/mol. The SMILES string of the molecule is O=C(c1ccccc1)c1ccc(-c2ccc(-c3ccccn3)cc2)cc1. The predicted molar refractivity (Wildman–Crippen MR) is 105 cm³/mol. The van der Waals surface area contributed by atoms with Crippen LogP contribution in [0, 0.1) is 0 Å². The molecule has 26 heavy (non-hydrogen) atoms. The van der Waals surface area contributed by atoms with Gasteiger partial charge in [-0.05, 0) is 23.3 Å². The van der Waals surface area contributed by atoms with Crippen molar-refractivity contribution in [3.63, 3.8) is 0 Å². The molecule has 0 fully saturated rings. The highest BCUT2D eigenvalue weighted by atomic mass is 16.1. The molecule has 0 saturated heterocycles. The third-order valence-corrected chi connectivity index (χ3v) is 4.36. The second-order valence-electron chi connectivity index (χ2n) is 6.06. The summed E-state index contributed by atoms with van der Waals surface area (Å²) in [5.74, 6) is 0.0441. The van der Waals surface area contributed by atoms with Crippen molar-refractivity contribution in [3.05, 3.63) is 114 Å². The summed E-state index contributed by atoms with van der Waals surface area (Å²) in [5, 5.41) is 0. The highest BCUT2D eigenvalue weighted by Gasteiger charge is 2.08. The average molecular weight is 335 g/mol. The van der Waals surface area contributed by atoms with E-state index in [1.807, 2.05) is 72.8 Å². The van der Waals surface area contributed by atoms with Gasteiger partial charge in [0.1, 0.15) is 0 Å². The molecule has 0 spiro atoms. The van der Waals surface area contributed by atoms with Crippen LogP contribution >= 0.6 is 0 Å². The summed E-state index contributed by atoms with van der Waals surface area (Å²) in [6.45, 7) is 0. The summed E-state index contributed by atoms with van der Waals surface area (Å²) >= 11 is 0. The van der Waals surface area contributed by atoms with Crippen molar-refractivity contribution in [2.24, 2.45) is 0 Å². The van der Waals surface area contributed by atoms with Crippen LogP contribution in [0.25, 0.3) is 22.4 Å². The molecule has 4 rings (SSSR count). The van der Waals surface area contributed by atoms with E-state index in [9.17, 15) is 4.79 Å². The highest BCUT2D eigenvalue weighted by molar-refractivity contribution is 6.09. The van der Waals surface area contributed by atoms with Gasteiger partial charge in [-0.25, -0.2) is 0 Å². The van der Waals surface area contributed by atoms with E-state index in [-0.39, 0.29) is 5.78 Å². The first-order chi connectivity index (χ1) is 12.8.